The summed E-state index contributed by atoms with van der Waals surface area (Å²) >= 11 is 0. The Balaban J connectivity index is 1.45. The first-order valence-corrected chi connectivity index (χ1v) is 8.60. The Hall–Kier alpha value is -3.55. The van der Waals surface area contributed by atoms with E-state index in [-0.39, 0.29) is 18.5 Å². The molecule has 27 heavy (non-hydrogen) atoms. The van der Waals surface area contributed by atoms with Crippen molar-refractivity contribution in [1.82, 2.24) is 20.6 Å². The molecule has 8 heteroatoms. The number of amides is 3. The highest BCUT2D eigenvalue weighted by Gasteiger charge is 2.21. The van der Waals surface area contributed by atoms with Crippen LogP contribution in [0.25, 0.3) is 11.0 Å². The van der Waals surface area contributed by atoms with Crippen LogP contribution in [0, 0.1) is 0 Å². The van der Waals surface area contributed by atoms with Crippen LogP contribution in [0.4, 0.5) is 10.5 Å². The molecule has 8 nitrogen and oxygen atoms in total. The maximum absolute atomic E-state index is 12.5. The second-order valence-corrected chi connectivity index (χ2v) is 6.18. The van der Waals surface area contributed by atoms with Gasteiger partial charge in [-0.15, -0.1) is 0 Å². The van der Waals surface area contributed by atoms with Gasteiger partial charge < -0.3 is 20.4 Å². The number of urea groups is 1. The van der Waals surface area contributed by atoms with Crippen LogP contribution in [-0.2, 0) is 6.54 Å². The molecule has 2 aromatic carbocycles. The van der Waals surface area contributed by atoms with Crippen molar-refractivity contribution in [3.63, 3.8) is 0 Å². The van der Waals surface area contributed by atoms with Crippen molar-refractivity contribution >= 4 is 28.7 Å². The number of aromatic amines is 1. The minimum atomic E-state index is -0.227. The summed E-state index contributed by atoms with van der Waals surface area (Å²) in [4.78, 5) is 33.5. The summed E-state index contributed by atoms with van der Waals surface area (Å²) in [5.41, 5.74) is 2.85. The van der Waals surface area contributed by atoms with E-state index < -0.39 is 0 Å². The summed E-state index contributed by atoms with van der Waals surface area (Å²) in [5, 5.41) is 5.60. The summed E-state index contributed by atoms with van der Waals surface area (Å²) < 4.78 is 5.20. The van der Waals surface area contributed by atoms with Crippen LogP contribution in [0.5, 0.6) is 5.75 Å². The molecule has 1 aliphatic rings. The lowest BCUT2D eigenvalue weighted by atomic mass is 10.1. The van der Waals surface area contributed by atoms with Crippen molar-refractivity contribution in [2.75, 3.05) is 25.1 Å². The van der Waals surface area contributed by atoms with Gasteiger partial charge in [0.1, 0.15) is 11.6 Å². The Kier molecular flexibility index (Phi) is 4.37. The van der Waals surface area contributed by atoms with Gasteiger partial charge in [-0.2, -0.15) is 0 Å². The van der Waals surface area contributed by atoms with Gasteiger partial charge in [-0.05, 0) is 30.3 Å². The van der Waals surface area contributed by atoms with Crippen LogP contribution in [-0.4, -0.2) is 42.1 Å². The van der Waals surface area contributed by atoms with Crippen LogP contribution in [0.3, 0.4) is 0 Å². The number of hydrogen-bond acceptors (Lipinski definition) is 4. The molecule has 0 atom stereocenters. The van der Waals surface area contributed by atoms with Gasteiger partial charge in [0.2, 0.25) is 0 Å². The number of imidazole rings is 1. The minimum absolute atomic E-state index is 0.148. The van der Waals surface area contributed by atoms with E-state index in [9.17, 15) is 9.59 Å². The molecule has 1 aliphatic heterocycles. The molecule has 0 spiro atoms. The van der Waals surface area contributed by atoms with E-state index in [0.29, 0.717) is 30.2 Å². The van der Waals surface area contributed by atoms with E-state index in [1.807, 2.05) is 24.3 Å². The standard InChI is InChI=1S/C19H19N5O3/c1-27-14-5-6-15-16(10-14)23-17(22-15)11-21-18(25)12-3-2-4-13(9-12)24-8-7-20-19(24)26/h2-6,9-10H,7-8,11H2,1H3,(H,20,26)(H,21,25)(H,22,23). The van der Waals surface area contributed by atoms with Gasteiger partial charge >= 0.3 is 6.03 Å². The van der Waals surface area contributed by atoms with Crippen molar-refractivity contribution in [2.45, 2.75) is 6.54 Å². The second kappa shape index (κ2) is 6.99. The van der Waals surface area contributed by atoms with E-state index in [4.69, 9.17) is 4.74 Å². The zero-order valence-corrected chi connectivity index (χ0v) is 14.8. The highest BCUT2D eigenvalue weighted by molar-refractivity contribution is 5.98. The molecular weight excluding hydrogens is 346 g/mol. The number of methoxy groups -OCH3 is 1. The van der Waals surface area contributed by atoms with Crippen molar-refractivity contribution in [2.24, 2.45) is 0 Å². The predicted molar refractivity (Wildman–Crippen MR) is 101 cm³/mol. The number of hydrogen-bond donors (Lipinski definition) is 3. The number of carbonyl (C=O) groups is 2. The number of H-pyrrole nitrogens is 1. The molecule has 1 fully saturated rings. The number of benzene rings is 2. The quantitative estimate of drug-likeness (QED) is 0.644. The maximum atomic E-state index is 12.5. The van der Waals surface area contributed by atoms with Crippen molar-refractivity contribution < 1.29 is 14.3 Å². The highest BCUT2D eigenvalue weighted by Crippen LogP contribution is 2.20. The Morgan fingerprint density at radius 3 is 2.96 bits per heavy atom. The third-order valence-corrected chi connectivity index (χ3v) is 4.43. The van der Waals surface area contributed by atoms with E-state index in [0.717, 1.165) is 16.8 Å². The molecule has 4 rings (SSSR count). The molecule has 3 aromatic rings. The fourth-order valence-corrected chi connectivity index (χ4v) is 3.05. The molecule has 0 saturated carbocycles. The fourth-order valence-electron chi connectivity index (χ4n) is 3.05. The Morgan fingerprint density at radius 2 is 2.19 bits per heavy atom. The van der Waals surface area contributed by atoms with Gasteiger partial charge in [0.05, 0.1) is 24.7 Å². The minimum Gasteiger partial charge on any atom is -0.497 e. The first kappa shape index (κ1) is 16.9. The lowest BCUT2D eigenvalue weighted by Crippen LogP contribution is -2.28. The molecule has 1 aromatic heterocycles. The fraction of sp³-hybridized carbons (Fsp3) is 0.211. The highest BCUT2D eigenvalue weighted by atomic mass is 16.5. The largest absolute Gasteiger partial charge is 0.497 e. The molecule has 3 amide bonds. The molecule has 2 heterocycles. The van der Waals surface area contributed by atoms with Gasteiger partial charge in [0.15, 0.2) is 0 Å². The molecule has 0 bridgehead atoms. The van der Waals surface area contributed by atoms with Crippen molar-refractivity contribution in [3.05, 3.63) is 53.9 Å². The van der Waals surface area contributed by atoms with Crippen LogP contribution in [0.2, 0.25) is 0 Å². The zero-order chi connectivity index (χ0) is 18.8. The third-order valence-electron chi connectivity index (χ3n) is 4.43. The molecular formula is C19H19N5O3. The topological polar surface area (TPSA) is 99.3 Å². The monoisotopic (exact) mass is 365 g/mol. The predicted octanol–water partition coefficient (Wildman–Crippen LogP) is 2.03. The molecule has 3 N–H and O–H groups in total. The molecule has 1 saturated heterocycles. The van der Waals surface area contributed by atoms with Gasteiger partial charge in [0.25, 0.3) is 5.91 Å². The smallest absolute Gasteiger partial charge is 0.321 e. The first-order valence-electron chi connectivity index (χ1n) is 8.60. The van der Waals surface area contributed by atoms with Gasteiger partial charge in [-0.25, -0.2) is 9.78 Å². The number of ether oxygens (including phenoxy) is 1. The summed E-state index contributed by atoms with van der Waals surface area (Å²) in [6.07, 6.45) is 0. The van der Waals surface area contributed by atoms with E-state index in [1.54, 1.807) is 30.2 Å². The average Bonchev–Trinajstić information content (AvgIpc) is 3.31. The van der Waals surface area contributed by atoms with Gasteiger partial charge in [0, 0.05) is 30.4 Å². The van der Waals surface area contributed by atoms with Crippen LogP contribution >= 0.6 is 0 Å². The number of anilines is 1. The molecule has 138 valence electrons. The van der Waals surface area contributed by atoms with Crippen LogP contribution in [0.15, 0.2) is 42.5 Å². The van der Waals surface area contributed by atoms with E-state index >= 15 is 0 Å². The zero-order valence-electron chi connectivity index (χ0n) is 14.8. The van der Waals surface area contributed by atoms with E-state index in [2.05, 4.69) is 20.6 Å². The first-order chi connectivity index (χ1) is 13.1. The summed E-state index contributed by atoms with van der Waals surface area (Å²) in [5.74, 6) is 1.17. The Bertz CT molecular complexity index is 1010. The molecule has 0 aliphatic carbocycles. The normalized spacial score (nSPS) is 13.7. The lowest BCUT2D eigenvalue weighted by Gasteiger charge is -2.15. The third kappa shape index (κ3) is 3.41. The van der Waals surface area contributed by atoms with E-state index in [1.165, 1.54) is 0 Å². The summed E-state index contributed by atoms with van der Waals surface area (Å²) in [6.45, 7) is 1.46. The maximum Gasteiger partial charge on any atom is 0.321 e. The number of rotatable bonds is 5. The molecule has 0 unspecified atom stereocenters. The number of nitrogens with one attached hydrogen (secondary N) is 3. The second-order valence-electron chi connectivity index (χ2n) is 6.18. The summed E-state index contributed by atoms with van der Waals surface area (Å²) in [6, 6.07) is 12.4. The van der Waals surface area contributed by atoms with Crippen molar-refractivity contribution in [1.29, 1.82) is 0 Å². The Morgan fingerprint density at radius 1 is 1.30 bits per heavy atom. The number of nitrogens with zero attached hydrogens (tertiary/aromatic N) is 2. The summed E-state index contributed by atoms with van der Waals surface area (Å²) in [7, 11) is 1.61. The lowest BCUT2D eigenvalue weighted by molar-refractivity contribution is 0.0950. The average molecular weight is 365 g/mol. The molecule has 0 radical (unpaired) electrons. The SMILES string of the molecule is COc1ccc2nc(CNC(=O)c3cccc(N4CCNC4=O)c3)[nH]c2c1. The number of carbonyl (C=O) groups excluding carboxylic acids is 2. The van der Waals surface area contributed by atoms with Gasteiger partial charge in [-0.1, -0.05) is 6.07 Å². The van der Waals surface area contributed by atoms with Crippen molar-refractivity contribution in [3.8, 4) is 5.75 Å². The van der Waals surface area contributed by atoms with Gasteiger partial charge in [-0.3, -0.25) is 9.69 Å². The number of aromatic nitrogens is 2. The Labute approximate surface area is 155 Å². The number of fused-ring (bicyclic) bond motifs is 1. The van der Waals surface area contributed by atoms with Crippen LogP contribution in [0.1, 0.15) is 16.2 Å². The van der Waals surface area contributed by atoms with Crippen LogP contribution < -0.4 is 20.3 Å².